The Hall–Kier alpha value is -1.28. The molecule has 0 fully saturated rings. The normalized spacial score (nSPS) is 12.2. The number of hydrogen-bond donors (Lipinski definition) is 0. The van der Waals surface area contributed by atoms with Gasteiger partial charge < -0.3 is 4.74 Å². The minimum absolute atomic E-state index is 0.571. The Morgan fingerprint density at radius 1 is 1.00 bits per heavy atom. The molecule has 0 saturated carbocycles. The maximum Gasteiger partial charge on any atom is 0.122 e. The van der Waals surface area contributed by atoms with Crippen LogP contribution >= 0.6 is 15.9 Å². The zero-order valence-electron chi connectivity index (χ0n) is 13.0. The van der Waals surface area contributed by atoms with Gasteiger partial charge in [-0.15, -0.1) is 0 Å². The van der Waals surface area contributed by atoms with Crippen LogP contribution in [-0.4, -0.2) is 12.4 Å². The predicted molar refractivity (Wildman–Crippen MR) is 93.6 cm³/mol. The lowest BCUT2D eigenvalue weighted by molar-refractivity contribution is 0.405. The average Bonchev–Trinajstić information content (AvgIpc) is 2.49. The summed E-state index contributed by atoms with van der Waals surface area (Å²) in [5.41, 5.74) is 5.40. The maximum absolute atomic E-state index is 5.50. The van der Waals surface area contributed by atoms with Crippen LogP contribution in [-0.2, 0) is 12.8 Å². The lowest BCUT2D eigenvalue weighted by Crippen LogP contribution is -2.11. The topological polar surface area (TPSA) is 9.23 Å². The van der Waals surface area contributed by atoms with Crippen LogP contribution in [0.15, 0.2) is 42.5 Å². The van der Waals surface area contributed by atoms with Crippen molar-refractivity contribution in [3.05, 3.63) is 64.7 Å². The van der Waals surface area contributed by atoms with Crippen molar-refractivity contribution < 1.29 is 4.74 Å². The first-order valence-electron chi connectivity index (χ1n) is 7.38. The summed E-state index contributed by atoms with van der Waals surface area (Å²) in [6.07, 6.45) is 2.12. The molecule has 0 amide bonds. The van der Waals surface area contributed by atoms with Crippen LogP contribution in [0.2, 0.25) is 0 Å². The Bertz CT molecular complexity index is 592. The number of benzene rings is 2. The zero-order valence-corrected chi connectivity index (χ0v) is 14.6. The summed E-state index contributed by atoms with van der Waals surface area (Å²) in [5, 5.41) is 0.998. The molecule has 0 spiro atoms. The fourth-order valence-electron chi connectivity index (χ4n) is 2.71. The largest absolute Gasteiger partial charge is 0.496 e. The third kappa shape index (κ3) is 4.34. The van der Waals surface area contributed by atoms with Crippen LogP contribution in [0, 0.1) is 19.8 Å². The van der Waals surface area contributed by atoms with Gasteiger partial charge in [0.2, 0.25) is 0 Å². The molecule has 2 rings (SSSR count). The Morgan fingerprint density at radius 3 is 2.38 bits per heavy atom. The van der Waals surface area contributed by atoms with E-state index in [1.54, 1.807) is 7.11 Å². The first-order valence-corrected chi connectivity index (χ1v) is 8.50. The molecule has 1 nitrogen and oxygen atoms in total. The van der Waals surface area contributed by atoms with Gasteiger partial charge in [-0.2, -0.15) is 0 Å². The van der Waals surface area contributed by atoms with Crippen LogP contribution in [0.3, 0.4) is 0 Å². The fourth-order valence-corrected chi connectivity index (χ4v) is 3.17. The molecule has 1 unspecified atom stereocenters. The molecule has 0 aliphatic rings. The van der Waals surface area contributed by atoms with Gasteiger partial charge in [0.15, 0.2) is 0 Å². The van der Waals surface area contributed by atoms with Crippen molar-refractivity contribution in [2.45, 2.75) is 26.7 Å². The molecule has 0 heterocycles. The Labute approximate surface area is 136 Å². The minimum Gasteiger partial charge on any atom is -0.496 e. The first kappa shape index (κ1) is 16.1. The smallest absolute Gasteiger partial charge is 0.122 e. The van der Waals surface area contributed by atoms with E-state index in [4.69, 9.17) is 4.74 Å². The van der Waals surface area contributed by atoms with E-state index in [0.717, 1.165) is 23.9 Å². The number of aryl methyl sites for hydroxylation is 2. The van der Waals surface area contributed by atoms with Crippen molar-refractivity contribution in [3.63, 3.8) is 0 Å². The molecule has 2 aromatic carbocycles. The van der Waals surface area contributed by atoms with E-state index in [1.165, 1.54) is 22.3 Å². The molecule has 0 saturated heterocycles. The maximum atomic E-state index is 5.50. The average molecular weight is 347 g/mol. The van der Waals surface area contributed by atoms with Crippen LogP contribution in [0.5, 0.6) is 5.75 Å². The molecule has 0 aliphatic heterocycles. The van der Waals surface area contributed by atoms with Gasteiger partial charge in [0.1, 0.15) is 5.75 Å². The van der Waals surface area contributed by atoms with E-state index in [0.29, 0.717) is 5.92 Å². The highest BCUT2D eigenvalue weighted by Gasteiger charge is 2.14. The standard InChI is InChI=1S/C19H23BrO/c1-14-8-9-19(21-3)18(10-14)12-16(13-20)11-17-7-5-4-6-15(17)2/h4-10,16H,11-13H2,1-3H3. The second kappa shape index (κ2) is 7.65. The highest BCUT2D eigenvalue weighted by Crippen LogP contribution is 2.26. The van der Waals surface area contributed by atoms with Crippen molar-refractivity contribution in [2.75, 3.05) is 12.4 Å². The first-order chi connectivity index (χ1) is 10.1. The van der Waals surface area contributed by atoms with Crippen LogP contribution in [0.25, 0.3) is 0 Å². The monoisotopic (exact) mass is 346 g/mol. The molecule has 0 bridgehead atoms. The molecule has 0 aromatic heterocycles. The summed E-state index contributed by atoms with van der Waals surface area (Å²) in [5.74, 6) is 1.57. The second-order valence-corrected chi connectivity index (χ2v) is 6.32. The van der Waals surface area contributed by atoms with Gasteiger partial charge in [0.05, 0.1) is 7.11 Å². The van der Waals surface area contributed by atoms with Crippen molar-refractivity contribution in [2.24, 2.45) is 5.92 Å². The van der Waals surface area contributed by atoms with Crippen molar-refractivity contribution in [1.82, 2.24) is 0 Å². The summed E-state index contributed by atoms with van der Waals surface area (Å²) >= 11 is 3.68. The van der Waals surface area contributed by atoms with E-state index in [-0.39, 0.29) is 0 Å². The molecule has 112 valence electrons. The summed E-state index contributed by atoms with van der Waals surface area (Å²) < 4.78 is 5.50. The number of halogens is 1. The zero-order chi connectivity index (χ0) is 15.2. The highest BCUT2D eigenvalue weighted by molar-refractivity contribution is 9.09. The SMILES string of the molecule is COc1ccc(C)cc1CC(CBr)Cc1ccccc1C. The predicted octanol–water partition coefficient (Wildman–Crippen LogP) is 5.11. The Balaban J connectivity index is 2.16. The molecule has 21 heavy (non-hydrogen) atoms. The molecule has 0 aliphatic carbocycles. The lowest BCUT2D eigenvalue weighted by Gasteiger charge is -2.18. The number of ether oxygens (including phenoxy) is 1. The van der Waals surface area contributed by atoms with E-state index in [2.05, 4.69) is 72.2 Å². The highest BCUT2D eigenvalue weighted by atomic mass is 79.9. The molecule has 2 aromatic rings. The quantitative estimate of drug-likeness (QED) is 0.660. The van der Waals surface area contributed by atoms with Crippen LogP contribution in [0.4, 0.5) is 0 Å². The van der Waals surface area contributed by atoms with Gasteiger partial charge in [-0.05, 0) is 55.4 Å². The van der Waals surface area contributed by atoms with Gasteiger partial charge in [0.25, 0.3) is 0 Å². The summed E-state index contributed by atoms with van der Waals surface area (Å²) in [6.45, 7) is 4.32. The van der Waals surface area contributed by atoms with Gasteiger partial charge in [-0.1, -0.05) is 57.9 Å². The number of alkyl halides is 1. The molecule has 0 N–H and O–H groups in total. The summed E-state index contributed by atoms with van der Waals surface area (Å²) in [7, 11) is 1.75. The van der Waals surface area contributed by atoms with Crippen molar-refractivity contribution in [3.8, 4) is 5.75 Å². The van der Waals surface area contributed by atoms with Crippen molar-refractivity contribution >= 4 is 15.9 Å². The van der Waals surface area contributed by atoms with Gasteiger partial charge in [-0.3, -0.25) is 0 Å². The number of methoxy groups -OCH3 is 1. The minimum atomic E-state index is 0.571. The molecular weight excluding hydrogens is 324 g/mol. The molecule has 2 heteroatoms. The van der Waals surface area contributed by atoms with Crippen LogP contribution < -0.4 is 4.74 Å². The van der Waals surface area contributed by atoms with Crippen LogP contribution in [0.1, 0.15) is 22.3 Å². The molecular formula is C19H23BrO. The van der Waals surface area contributed by atoms with E-state index >= 15 is 0 Å². The van der Waals surface area contributed by atoms with Gasteiger partial charge in [0, 0.05) is 5.33 Å². The summed E-state index contributed by atoms with van der Waals surface area (Å²) in [6, 6.07) is 15.1. The van der Waals surface area contributed by atoms with Gasteiger partial charge in [-0.25, -0.2) is 0 Å². The Kier molecular flexibility index (Phi) is 5.86. The Morgan fingerprint density at radius 2 is 1.71 bits per heavy atom. The second-order valence-electron chi connectivity index (χ2n) is 5.67. The van der Waals surface area contributed by atoms with Crippen molar-refractivity contribution in [1.29, 1.82) is 0 Å². The molecule has 1 atom stereocenters. The van der Waals surface area contributed by atoms with Gasteiger partial charge >= 0.3 is 0 Å². The fraction of sp³-hybridized carbons (Fsp3) is 0.368. The summed E-state index contributed by atoms with van der Waals surface area (Å²) in [4.78, 5) is 0. The third-order valence-electron chi connectivity index (χ3n) is 3.93. The molecule has 0 radical (unpaired) electrons. The number of hydrogen-bond acceptors (Lipinski definition) is 1. The number of rotatable bonds is 6. The van der Waals surface area contributed by atoms with E-state index < -0.39 is 0 Å². The third-order valence-corrected chi connectivity index (χ3v) is 4.85. The lowest BCUT2D eigenvalue weighted by atomic mass is 9.91. The van der Waals surface area contributed by atoms with E-state index in [9.17, 15) is 0 Å². The van der Waals surface area contributed by atoms with E-state index in [1.807, 2.05) is 0 Å².